The second kappa shape index (κ2) is 10.1. The molecule has 0 radical (unpaired) electrons. The number of amides is 2. The minimum Gasteiger partial charge on any atom is -0.394 e. The van der Waals surface area contributed by atoms with Gasteiger partial charge in [-0.15, -0.1) is 5.10 Å². The molecule has 3 heterocycles. The zero-order valence-corrected chi connectivity index (χ0v) is 21.1. The van der Waals surface area contributed by atoms with Crippen molar-refractivity contribution in [3.8, 4) is 11.3 Å². The van der Waals surface area contributed by atoms with Gasteiger partial charge in [-0.1, -0.05) is 18.9 Å². The quantitative estimate of drug-likeness (QED) is 0.322. The molecule has 198 valence electrons. The molecule has 1 aromatic carbocycles. The Morgan fingerprint density at radius 2 is 2.08 bits per heavy atom. The van der Waals surface area contributed by atoms with Gasteiger partial charge < -0.3 is 25.8 Å². The van der Waals surface area contributed by atoms with Crippen LogP contribution in [0.5, 0.6) is 0 Å². The van der Waals surface area contributed by atoms with Gasteiger partial charge in [0.1, 0.15) is 11.6 Å². The molecule has 0 fully saturated rings. The second-order valence-corrected chi connectivity index (χ2v) is 9.23. The van der Waals surface area contributed by atoms with Gasteiger partial charge in [0, 0.05) is 24.6 Å². The largest absolute Gasteiger partial charge is 0.408 e. The Balaban J connectivity index is 1.78. The SMILES string of the molecule is CCC(CO)NC(=O)c1c(N)nn2ccc(-c3cc4c(c(NSC)c3)C(=O)N(C(C)C(F)(F)F)C4)nc12. The van der Waals surface area contributed by atoms with Crippen molar-refractivity contribution in [3.63, 3.8) is 0 Å². The van der Waals surface area contributed by atoms with Crippen LogP contribution in [0, 0.1) is 0 Å². The summed E-state index contributed by atoms with van der Waals surface area (Å²) in [7, 11) is 0. The summed E-state index contributed by atoms with van der Waals surface area (Å²) in [6, 6.07) is 2.46. The molecule has 2 aromatic heterocycles. The van der Waals surface area contributed by atoms with E-state index in [2.05, 4.69) is 20.1 Å². The number of aliphatic hydroxyl groups excluding tert-OH is 1. The standard InChI is InChI=1S/C23H26F3N7O3S/c1-4-14(10-34)28-21(35)18-19(27)30-33-6-5-15(29-20(18)33)12-7-13-9-32(11(2)23(24,25)26)22(36)17(13)16(8-12)31-37-3/h5-8,11,14,31,34H,4,9-10H2,1-3H3,(H2,27,30)(H,28,35). The normalized spacial score (nSPS) is 15.1. The minimum atomic E-state index is -4.56. The van der Waals surface area contributed by atoms with E-state index < -0.39 is 30.1 Å². The highest BCUT2D eigenvalue weighted by atomic mass is 32.2. The number of alkyl halides is 3. The van der Waals surface area contributed by atoms with Crippen LogP contribution < -0.4 is 15.8 Å². The van der Waals surface area contributed by atoms with E-state index >= 15 is 0 Å². The monoisotopic (exact) mass is 537 g/mol. The predicted molar refractivity (Wildman–Crippen MR) is 134 cm³/mol. The molecule has 1 aliphatic heterocycles. The molecule has 0 bridgehead atoms. The van der Waals surface area contributed by atoms with Crippen LogP contribution in [0.4, 0.5) is 24.7 Å². The maximum Gasteiger partial charge on any atom is 0.408 e. The average molecular weight is 538 g/mol. The highest BCUT2D eigenvalue weighted by Gasteiger charge is 2.45. The van der Waals surface area contributed by atoms with Crippen LogP contribution in [0.15, 0.2) is 24.4 Å². The molecule has 0 spiro atoms. The molecule has 2 atom stereocenters. The summed E-state index contributed by atoms with van der Waals surface area (Å²) in [6.07, 6.45) is -0.768. The first-order valence-electron chi connectivity index (χ1n) is 11.4. The molecule has 0 aliphatic carbocycles. The lowest BCUT2D eigenvalue weighted by molar-refractivity contribution is -0.172. The first-order valence-corrected chi connectivity index (χ1v) is 12.6. The average Bonchev–Trinajstić information content (AvgIpc) is 3.36. The van der Waals surface area contributed by atoms with Gasteiger partial charge in [-0.3, -0.25) is 9.59 Å². The first-order chi connectivity index (χ1) is 17.5. The molecule has 14 heteroatoms. The van der Waals surface area contributed by atoms with Crippen LogP contribution in [0.1, 0.15) is 46.5 Å². The van der Waals surface area contributed by atoms with Gasteiger partial charge in [0.15, 0.2) is 11.5 Å². The van der Waals surface area contributed by atoms with Crippen LogP contribution >= 0.6 is 11.9 Å². The molecule has 37 heavy (non-hydrogen) atoms. The first kappa shape index (κ1) is 26.5. The fourth-order valence-corrected chi connectivity index (χ4v) is 4.55. The maximum absolute atomic E-state index is 13.4. The number of carbonyl (C=O) groups is 2. The third-order valence-electron chi connectivity index (χ3n) is 6.27. The van der Waals surface area contributed by atoms with E-state index in [0.29, 0.717) is 28.9 Å². The molecule has 0 saturated heterocycles. The van der Waals surface area contributed by atoms with Crippen molar-refractivity contribution in [2.75, 3.05) is 23.3 Å². The Morgan fingerprint density at radius 1 is 1.35 bits per heavy atom. The van der Waals surface area contributed by atoms with Crippen molar-refractivity contribution >= 4 is 40.9 Å². The highest BCUT2D eigenvalue weighted by Crippen LogP contribution is 2.38. The number of carbonyl (C=O) groups excluding carboxylic acids is 2. The number of hydrogen-bond donors (Lipinski definition) is 4. The molecule has 5 N–H and O–H groups in total. The summed E-state index contributed by atoms with van der Waals surface area (Å²) in [5.41, 5.74) is 8.10. The molecular weight excluding hydrogens is 511 g/mol. The Hall–Kier alpha value is -3.52. The minimum absolute atomic E-state index is 0.0396. The molecule has 2 unspecified atom stereocenters. The van der Waals surface area contributed by atoms with Crippen LogP contribution in [-0.4, -0.2) is 67.5 Å². The van der Waals surface area contributed by atoms with Gasteiger partial charge in [-0.25, -0.2) is 9.50 Å². The Morgan fingerprint density at radius 3 is 2.70 bits per heavy atom. The predicted octanol–water partition coefficient (Wildman–Crippen LogP) is 3.08. The fraction of sp³-hybridized carbons (Fsp3) is 0.391. The molecule has 4 rings (SSSR count). The number of aliphatic hydroxyl groups is 1. The molecule has 2 amide bonds. The Kier molecular flexibility index (Phi) is 7.24. The topological polar surface area (TPSA) is 138 Å². The summed E-state index contributed by atoms with van der Waals surface area (Å²) in [5, 5.41) is 16.3. The summed E-state index contributed by atoms with van der Waals surface area (Å²) >= 11 is 1.20. The Bertz CT molecular complexity index is 1360. The van der Waals surface area contributed by atoms with Crippen molar-refractivity contribution in [3.05, 3.63) is 41.1 Å². The lowest BCUT2D eigenvalue weighted by Crippen LogP contribution is -2.43. The molecular formula is C23H26F3N7O3S. The number of nitrogens with two attached hydrogens (primary N) is 1. The van der Waals surface area contributed by atoms with Crippen molar-refractivity contribution in [2.45, 2.75) is 45.1 Å². The number of halogens is 3. The van der Waals surface area contributed by atoms with Crippen molar-refractivity contribution in [2.24, 2.45) is 0 Å². The van der Waals surface area contributed by atoms with E-state index in [1.54, 1.807) is 30.7 Å². The van der Waals surface area contributed by atoms with Crippen LogP contribution in [0.2, 0.25) is 0 Å². The lowest BCUT2D eigenvalue weighted by atomic mass is 10.0. The number of fused-ring (bicyclic) bond motifs is 2. The number of aromatic nitrogens is 3. The number of anilines is 2. The number of nitrogens with zero attached hydrogens (tertiary/aromatic N) is 4. The number of benzene rings is 1. The van der Waals surface area contributed by atoms with Crippen molar-refractivity contribution < 1.29 is 27.9 Å². The summed E-state index contributed by atoms with van der Waals surface area (Å²) in [5.74, 6) is -1.29. The van der Waals surface area contributed by atoms with E-state index in [-0.39, 0.29) is 35.7 Å². The van der Waals surface area contributed by atoms with Crippen LogP contribution in [-0.2, 0) is 6.54 Å². The van der Waals surface area contributed by atoms with Gasteiger partial charge in [0.2, 0.25) is 0 Å². The molecule has 1 aliphatic rings. The van der Waals surface area contributed by atoms with Crippen LogP contribution in [0.3, 0.4) is 0 Å². The van der Waals surface area contributed by atoms with E-state index in [1.807, 2.05) is 6.92 Å². The number of hydrogen-bond acceptors (Lipinski definition) is 8. The maximum atomic E-state index is 13.4. The van der Waals surface area contributed by atoms with Crippen molar-refractivity contribution in [1.29, 1.82) is 0 Å². The Labute approximate surface area is 214 Å². The number of nitrogens with one attached hydrogen (secondary N) is 2. The van der Waals surface area contributed by atoms with Gasteiger partial charge >= 0.3 is 6.18 Å². The van der Waals surface area contributed by atoms with Gasteiger partial charge in [-0.05, 0) is 37.1 Å². The number of nitrogen functional groups attached to an aromatic ring is 1. The zero-order valence-electron chi connectivity index (χ0n) is 20.3. The van der Waals surface area contributed by atoms with Gasteiger partial charge in [0.05, 0.1) is 29.6 Å². The van der Waals surface area contributed by atoms with Gasteiger partial charge in [-0.2, -0.15) is 13.2 Å². The lowest BCUT2D eigenvalue weighted by Gasteiger charge is -2.26. The van der Waals surface area contributed by atoms with Gasteiger partial charge in [0.25, 0.3) is 11.8 Å². The summed E-state index contributed by atoms with van der Waals surface area (Å²) in [6.45, 7) is 2.31. The second-order valence-electron chi connectivity index (χ2n) is 8.62. The van der Waals surface area contributed by atoms with E-state index in [9.17, 15) is 27.9 Å². The highest BCUT2D eigenvalue weighted by molar-refractivity contribution is 7.99. The van der Waals surface area contributed by atoms with E-state index in [1.165, 1.54) is 16.5 Å². The third kappa shape index (κ3) is 4.90. The van der Waals surface area contributed by atoms with Crippen LogP contribution in [0.25, 0.3) is 16.9 Å². The smallest absolute Gasteiger partial charge is 0.394 e. The number of rotatable bonds is 8. The fourth-order valence-electron chi connectivity index (χ4n) is 4.17. The third-order valence-corrected chi connectivity index (χ3v) is 6.70. The molecule has 10 nitrogen and oxygen atoms in total. The molecule has 3 aromatic rings. The van der Waals surface area contributed by atoms with Crippen molar-refractivity contribution in [1.82, 2.24) is 24.8 Å². The summed E-state index contributed by atoms with van der Waals surface area (Å²) in [4.78, 5) is 31.2. The van der Waals surface area contributed by atoms with E-state index in [4.69, 9.17) is 5.73 Å². The summed E-state index contributed by atoms with van der Waals surface area (Å²) < 4.78 is 44.5. The molecule has 0 saturated carbocycles. The zero-order chi connectivity index (χ0) is 27.1. The van der Waals surface area contributed by atoms with E-state index in [0.717, 1.165) is 11.8 Å².